The number of aliphatic hydroxyl groups is 1. The number of piperidine rings is 1. The lowest BCUT2D eigenvalue weighted by Crippen LogP contribution is -2.59. The Morgan fingerprint density at radius 3 is 2.54 bits per heavy atom. The first-order valence-corrected chi connectivity index (χ1v) is 13.9. The number of hydrogen-bond donors (Lipinski definition) is 2. The Morgan fingerprint density at radius 2 is 1.93 bits per heavy atom. The Balaban J connectivity index is 0.000000714. The van der Waals surface area contributed by atoms with Crippen LogP contribution in [0.4, 0.5) is 4.39 Å². The monoisotopic (exact) mass is 588 g/mol. The number of carbonyl (C=O) groups is 1. The molecule has 0 aliphatic carbocycles. The quantitative estimate of drug-likeness (QED) is 0.317. The number of nitrogens with one attached hydrogen (secondary N) is 1. The zero-order valence-corrected chi connectivity index (χ0v) is 24.2. The van der Waals surface area contributed by atoms with Crippen molar-refractivity contribution in [1.29, 1.82) is 0 Å². The van der Waals surface area contributed by atoms with Crippen LogP contribution in [0.2, 0.25) is 0 Å². The van der Waals surface area contributed by atoms with Crippen LogP contribution in [0.25, 0.3) is 15.2 Å². The number of hydrogen-bond acceptors (Lipinski definition) is 9. The van der Waals surface area contributed by atoms with Crippen molar-refractivity contribution >= 4 is 27.5 Å². The van der Waals surface area contributed by atoms with Gasteiger partial charge in [0.05, 0.1) is 38.1 Å². The summed E-state index contributed by atoms with van der Waals surface area (Å²) in [5.41, 5.74) is -1.26. The van der Waals surface area contributed by atoms with Crippen LogP contribution in [-0.2, 0) is 28.0 Å². The van der Waals surface area contributed by atoms with Crippen LogP contribution < -0.4 is 21.3 Å². The molecular formula is C27H33FN6O6S. The molecule has 41 heavy (non-hydrogen) atoms. The highest BCUT2D eigenvalue weighted by atomic mass is 32.1. The van der Waals surface area contributed by atoms with Crippen LogP contribution >= 0.6 is 11.3 Å². The van der Waals surface area contributed by atoms with Gasteiger partial charge in [0.15, 0.2) is 0 Å². The average Bonchev–Trinajstić information content (AvgIpc) is 3.59. The van der Waals surface area contributed by atoms with Crippen molar-refractivity contribution in [3.8, 4) is 10.8 Å². The summed E-state index contributed by atoms with van der Waals surface area (Å²) in [6.07, 6.45) is 4.31. The molecule has 0 bridgehead atoms. The summed E-state index contributed by atoms with van der Waals surface area (Å²) in [7, 11) is 3.05. The summed E-state index contributed by atoms with van der Waals surface area (Å²) in [4.78, 5) is 42.5. The van der Waals surface area contributed by atoms with E-state index >= 15 is 0 Å². The number of fused-ring (bicyclic) bond motifs is 1. The van der Waals surface area contributed by atoms with Gasteiger partial charge >= 0.3 is 5.69 Å². The van der Waals surface area contributed by atoms with E-state index in [1.54, 1.807) is 21.0 Å². The molecular weight excluding hydrogens is 555 g/mol. The van der Waals surface area contributed by atoms with Gasteiger partial charge in [-0.05, 0) is 56.9 Å². The van der Waals surface area contributed by atoms with Crippen molar-refractivity contribution in [2.45, 2.75) is 45.2 Å². The van der Waals surface area contributed by atoms with Gasteiger partial charge in [0.2, 0.25) is 5.91 Å². The number of rotatable bonds is 8. The van der Waals surface area contributed by atoms with E-state index in [-0.39, 0.29) is 25.5 Å². The van der Waals surface area contributed by atoms with Gasteiger partial charge in [-0.25, -0.2) is 13.8 Å². The molecule has 2 N–H and O–H groups in total. The topological polar surface area (TPSA) is 142 Å². The van der Waals surface area contributed by atoms with Crippen molar-refractivity contribution < 1.29 is 23.8 Å². The van der Waals surface area contributed by atoms with E-state index in [0.29, 0.717) is 58.1 Å². The Bertz CT molecular complexity index is 1640. The van der Waals surface area contributed by atoms with E-state index in [1.807, 2.05) is 0 Å². The number of aliphatic hydroxyl groups excluding tert-OH is 1. The van der Waals surface area contributed by atoms with E-state index in [4.69, 9.17) is 9.84 Å². The third-order valence-electron chi connectivity index (χ3n) is 7.04. The van der Waals surface area contributed by atoms with Gasteiger partial charge in [-0.2, -0.15) is 10.2 Å². The zero-order chi connectivity index (χ0) is 29.7. The molecule has 5 rings (SSSR count). The number of amides is 1. The minimum atomic E-state index is -1.34. The fraction of sp³-hybridized carbons (Fsp3) is 0.444. The number of methoxy groups -OCH3 is 2. The van der Waals surface area contributed by atoms with Gasteiger partial charge in [-0.1, -0.05) is 11.3 Å². The van der Waals surface area contributed by atoms with Gasteiger partial charge < -0.3 is 19.9 Å². The molecule has 0 saturated carbocycles. The van der Waals surface area contributed by atoms with Crippen LogP contribution in [-0.4, -0.2) is 69.1 Å². The standard InChI is InChI=1S/C24H25FN6O4S.C3H8O2/c1-14-18-19(32)30(24(2)8-4-9-26-22(24)33)23(34)29(21(18)36-20(14)31-27-10-11-28-31)12-7-15-13-16(25)5-6-17(15)35-3;1-5-3-2-4/h5-6,10-11,13H,4,7-9,12H2,1-3H3,(H,26,33);4H,2-3H2,1H3. The normalized spacial score (nSPS) is 16.8. The molecule has 220 valence electrons. The predicted octanol–water partition coefficient (Wildman–Crippen LogP) is 1.75. The van der Waals surface area contributed by atoms with Crippen LogP contribution in [0.3, 0.4) is 0 Å². The second-order valence-corrected chi connectivity index (χ2v) is 10.6. The molecule has 1 fully saturated rings. The van der Waals surface area contributed by atoms with Crippen LogP contribution in [0.1, 0.15) is 30.9 Å². The molecule has 0 radical (unpaired) electrons. The Hall–Kier alpha value is -3.88. The Morgan fingerprint density at radius 1 is 1.20 bits per heavy atom. The first-order valence-electron chi connectivity index (χ1n) is 13.0. The predicted molar refractivity (Wildman–Crippen MR) is 152 cm³/mol. The van der Waals surface area contributed by atoms with Gasteiger partial charge in [0.1, 0.15) is 26.9 Å². The number of halogens is 1. The van der Waals surface area contributed by atoms with E-state index in [1.165, 1.54) is 58.4 Å². The number of carbonyl (C=O) groups excluding carboxylic acids is 1. The smallest absolute Gasteiger partial charge is 0.333 e. The number of ether oxygens (including phenoxy) is 2. The molecule has 1 amide bonds. The van der Waals surface area contributed by atoms with Crippen LogP contribution in [0.15, 0.2) is 40.2 Å². The highest BCUT2D eigenvalue weighted by Crippen LogP contribution is 2.32. The third-order valence-corrected chi connectivity index (χ3v) is 8.32. The van der Waals surface area contributed by atoms with Gasteiger partial charge in [-0.3, -0.25) is 14.2 Å². The van der Waals surface area contributed by atoms with Crippen molar-refractivity contribution in [2.24, 2.45) is 0 Å². The second-order valence-electron chi connectivity index (χ2n) is 9.66. The first kappa shape index (κ1) is 30.1. The van der Waals surface area contributed by atoms with E-state index < -0.39 is 22.6 Å². The Labute approximate surface area is 238 Å². The molecule has 0 spiro atoms. The maximum atomic E-state index is 14.0. The molecule has 4 aromatic rings. The van der Waals surface area contributed by atoms with E-state index in [0.717, 1.165) is 4.57 Å². The maximum Gasteiger partial charge on any atom is 0.333 e. The second kappa shape index (κ2) is 12.7. The molecule has 14 heteroatoms. The van der Waals surface area contributed by atoms with Crippen molar-refractivity contribution in [2.75, 3.05) is 34.0 Å². The summed E-state index contributed by atoms with van der Waals surface area (Å²) >= 11 is 1.22. The molecule has 1 aliphatic heterocycles. The van der Waals surface area contributed by atoms with Crippen molar-refractivity contribution in [1.82, 2.24) is 29.4 Å². The zero-order valence-electron chi connectivity index (χ0n) is 23.3. The Kier molecular flexibility index (Phi) is 9.35. The van der Waals surface area contributed by atoms with Gasteiger partial charge in [-0.15, -0.1) is 4.80 Å². The number of benzene rings is 1. The fourth-order valence-electron chi connectivity index (χ4n) is 4.90. The van der Waals surface area contributed by atoms with E-state index in [2.05, 4.69) is 20.3 Å². The fourth-order valence-corrected chi connectivity index (χ4v) is 6.13. The number of thiophene rings is 1. The minimum absolute atomic E-state index is 0.122. The number of aryl methyl sites for hydroxylation is 3. The highest BCUT2D eigenvalue weighted by Gasteiger charge is 2.41. The molecule has 1 aliphatic rings. The maximum absolute atomic E-state index is 14.0. The molecule has 1 aromatic carbocycles. The molecule has 1 saturated heterocycles. The summed E-state index contributed by atoms with van der Waals surface area (Å²) in [6.45, 7) is 4.59. The average molecular weight is 589 g/mol. The lowest BCUT2D eigenvalue weighted by atomic mass is 9.91. The lowest BCUT2D eigenvalue weighted by molar-refractivity contribution is -0.131. The molecule has 1 unspecified atom stereocenters. The molecule has 4 heterocycles. The minimum Gasteiger partial charge on any atom is -0.496 e. The summed E-state index contributed by atoms with van der Waals surface area (Å²) < 4.78 is 26.3. The SMILES string of the molecule is COCCO.COc1ccc(F)cc1CCn1c(=O)n(C2(C)CCCNC2=O)c(=O)c2c(C)c(-n3nccn3)sc21. The summed E-state index contributed by atoms with van der Waals surface area (Å²) in [5.74, 6) is -0.289. The number of nitrogens with zero attached hydrogens (tertiary/aromatic N) is 5. The molecule has 12 nitrogen and oxygen atoms in total. The van der Waals surface area contributed by atoms with Crippen molar-refractivity contribution in [3.63, 3.8) is 0 Å². The summed E-state index contributed by atoms with van der Waals surface area (Å²) in [6, 6.07) is 4.21. The van der Waals surface area contributed by atoms with Crippen LogP contribution in [0, 0.1) is 12.7 Å². The van der Waals surface area contributed by atoms with Crippen LogP contribution in [0.5, 0.6) is 5.75 Å². The molecule has 1 atom stereocenters. The lowest BCUT2D eigenvalue weighted by Gasteiger charge is -2.34. The first-order chi connectivity index (χ1) is 19.7. The summed E-state index contributed by atoms with van der Waals surface area (Å²) in [5, 5.41) is 20.0. The highest BCUT2D eigenvalue weighted by molar-refractivity contribution is 7.21. The third kappa shape index (κ3) is 5.80. The largest absolute Gasteiger partial charge is 0.496 e. The van der Waals surface area contributed by atoms with Gasteiger partial charge in [0, 0.05) is 25.8 Å². The van der Waals surface area contributed by atoms with Gasteiger partial charge in [0.25, 0.3) is 5.56 Å². The van der Waals surface area contributed by atoms with Crippen molar-refractivity contribution in [3.05, 3.63) is 68.4 Å². The molecule has 3 aromatic heterocycles. The number of aromatic nitrogens is 5. The van der Waals surface area contributed by atoms with E-state index in [9.17, 15) is 18.8 Å².